The molecule has 0 unspecified atom stereocenters. The van der Waals surface area contributed by atoms with Crippen LogP contribution >= 0.6 is 11.3 Å². The number of amides is 1. The van der Waals surface area contributed by atoms with Gasteiger partial charge in [-0.2, -0.15) is 0 Å². The zero-order valence-corrected chi connectivity index (χ0v) is 28.4. The topological polar surface area (TPSA) is 88.5 Å². The summed E-state index contributed by atoms with van der Waals surface area (Å²) in [7, 11) is 1.89. The van der Waals surface area contributed by atoms with Crippen LogP contribution in [0.25, 0.3) is 20.7 Å². The summed E-state index contributed by atoms with van der Waals surface area (Å²) < 4.78 is 31.1. The molecule has 10 heteroatoms. The van der Waals surface area contributed by atoms with Crippen LogP contribution in [0.3, 0.4) is 0 Å². The van der Waals surface area contributed by atoms with E-state index >= 15 is 8.78 Å². The number of nitrogens with zero attached hydrogens (tertiary/aromatic N) is 2. The molecule has 6 aromatic rings. The first-order valence-corrected chi connectivity index (χ1v) is 16.8. The number of pyridine rings is 1. The molecule has 0 saturated heterocycles. The zero-order chi connectivity index (χ0) is 35.5. The van der Waals surface area contributed by atoms with E-state index in [9.17, 15) is 19.2 Å². The highest BCUT2D eigenvalue weighted by Crippen LogP contribution is 2.39. The van der Waals surface area contributed by atoms with Crippen LogP contribution in [0.1, 0.15) is 51.3 Å². The second kappa shape index (κ2) is 14.5. The Hall–Kier alpha value is -5.58. The minimum absolute atomic E-state index is 0.106. The average molecular weight is 690 g/mol. The lowest BCUT2D eigenvalue weighted by Crippen LogP contribution is -2.25. The van der Waals surface area contributed by atoms with Gasteiger partial charge in [-0.05, 0) is 48.0 Å². The number of halogens is 2. The largest absolute Gasteiger partial charge is 0.326 e. The molecule has 0 aliphatic carbocycles. The maximum Gasteiger partial charge on any atom is 0.268 e. The minimum Gasteiger partial charge on any atom is -0.326 e. The van der Waals surface area contributed by atoms with Crippen LogP contribution in [0.5, 0.6) is 0 Å². The zero-order valence-electron chi connectivity index (χ0n) is 27.6. The molecule has 0 fully saturated rings. The van der Waals surface area contributed by atoms with Crippen LogP contribution < -0.4 is 10.7 Å². The van der Waals surface area contributed by atoms with E-state index in [2.05, 4.69) is 5.32 Å². The second-order valence-electron chi connectivity index (χ2n) is 12.3. The Balaban J connectivity index is 1.60. The third-order valence-electron chi connectivity index (χ3n) is 8.28. The average Bonchev–Trinajstić information content (AvgIpc) is 3.48. The molecule has 1 N–H and O–H groups in total. The lowest BCUT2D eigenvalue weighted by atomic mass is 10.00. The SMILES string of the molecule is CC(C)C(=O)Nc1ccc(-c2sc3c(c2CN(C)Cc2ccccc2)c(=O)c(C(=O)c2ccccc2)cn3C(=O)c2c(F)cccc2F)cc1. The van der Waals surface area contributed by atoms with Gasteiger partial charge in [0.2, 0.25) is 11.3 Å². The van der Waals surface area contributed by atoms with E-state index in [-0.39, 0.29) is 39.7 Å². The highest BCUT2D eigenvalue weighted by molar-refractivity contribution is 7.22. The number of nitrogens with one attached hydrogen (secondary N) is 1. The molecule has 2 heterocycles. The third-order valence-corrected chi connectivity index (χ3v) is 9.56. The molecule has 2 aromatic heterocycles. The number of thiophene rings is 1. The number of carbonyl (C=O) groups excluding carboxylic acids is 3. The summed E-state index contributed by atoms with van der Waals surface area (Å²) in [4.78, 5) is 57.5. The number of aromatic nitrogens is 1. The normalized spacial score (nSPS) is 11.3. The molecule has 0 atom stereocenters. The fourth-order valence-corrected chi connectivity index (χ4v) is 7.00. The standard InChI is InChI=1S/C40H33F2N3O4S/c1-24(2)38(48)43-28-19-17-27(18-20-28)37-29(22-44(3)21-25-11-6-4-7-12-25)33-36(47)30(35(46)26-13-8-5-9-14-26)23-45(40(33)50-37)39(49)34-31(41)15-10-16-32(34)42/h4-20,23-24H,21-22H2,1-3H3,(H,43,48). The molecule has 252 valence electrons. The monoisotopic (exact) mass is 689 g/mol. The fourth-order valence-electron chi connectivity index (χ4n) is 5.71. The quantitative estimate of drug-likeness (QED) is 0.147. The summed E-state index contributed by atoms with van der Waals surface area (Å²) >= 11 is 1.11. The van der Waals surface area contributed by atoms with Crippen molar-refractivity contribution in [1.82, 2.24) is 9.47 Å². The Bertz CT molecular complexity index is 2260. The molecular formula is C40H33F2N3O4S. The van der Waals surface area contributed by atoms with Crippen molar-refractivity contribution >= 4 is 44.8 Å². The molecule has 0 radical (unpaired) electrons. The second-order valence-corrected chi connectivity index (χ2v) is 13.3. The van der Waals surface area contributed by atoms with E-state index in [4.69, 9.17) is 0 Å². The van der Waals surface area contributed by atoms with Gasteiger partial charge in [-0.15, -0.1) is 11.3 Å². The molecule has 0 aliphatic heterocycles. The van der Waals surface area contributed by atoms with Crippen molar-refractivity contribution < 1.29 is 23.2 Å². The number of ketones is 1. The van der Waals surface area contributed by atoms with Crippen molar-refractivity contribution in [3.8, 4) is 10.4 Å². The molecule has 0 spiro atoms. The maximum absolute atomic E-state index is 15.1. The van der Waals surface area contributed by atoms with Crippen LogP contribution in [0.15, 0.2) is 114 Å². The lowest BCUT2D eigenvalue weighted by Gasteiger charge is -2.18. The summed E-state index contributed by atoms with van der Waals surface area (Å²) in [5.74, 6) is -4.20. The Morgan fingerprint density at radius 1 is 0.820 bits per heavy atom. The minimum atomic E-state index is -1.07. The lowest BCUT2D eigenvalue weighted by molar-refractivity contribution is -0.118. The van der Waals surface area contributed by atoms with Gasteiger partial charge in [0.25, 0.3) is 5.91 Å². The number of hydrogen-bond donors (Lipinski definition) is 1. The number of fused-ring (bicyclic) bond motifs is 1. The van der Waals surface area contributed by atoms with Gasteiger partial charge in [-0.1, -0.05) is 92.7 Å². The Kier molecular flexibility index (Phi) is 9.94. The van der Waals surface area contributed by atoms with E-state index < -0.39 is 34.3 Å². The van der Waals surface area contributed by atoms with Crippen LogP contribution in [0.2, 0.25) is 0 Å². The van der Waals surface area contributed by atoms with E-state index in [1.807, 2.05) is 42.3 Å². The summed E-state index contributed by atoms with van der Waals surface area (Å²) in [5, 5.41) is 2.97. The molecule has 0 aliphatic rings. The van der Waals surface area contributed by atoms with E-state index in [0.717, 1.165) is 45.9 Å². The molecule has 50 heavy (non-hydrogen) atoms. The van der Waals surface area contributed by atoms with Gasteiger partial charge in [0.1, 0.15) is 22.0 Å². The maximum atomic E-state index is 15.1. The van der Waals surface area contributed by atoms with Crippen molar-refractivity contribution in [3.63, 3.8) is 0 Å². The summed E-state index contributed by atoms with van der Waals surface area (Å²) in [6.45, 7) is 4.34. The fraction of sp³-hybridized carbons (Fsp3) is 0.150. The van der Waals surface area contributed by atoms with Crippen molar-refractivity contribution in [2.75, 3.05) is 12.4 Å². The predicted molar refractivity (Wildman–Crippen MR) is 193 cm³/mol. The van der Waals surface area contributed by atoms with Gasteiger partial charge in [0.15, 0.2) is 5.78 Å². The molecule has 7 nitrogen and oxygen atoms in total. The van der Waals surface area contributed by atoms with Crippen LogP contribution in [-0.4, -0.2) is 34.1 Å². The third kappa shape index (κ3) is 6.94. The molecule has 4 aromatic carbocycles. The number of carbonyl (C=O) groups is 3. The van der Waals surface area contributed by atoms with Crippen molar-refractivity contribution in [1.29, 1.82) is 0 Å². The highest BCUT2D eigenvalue weighted by Gasteiger charge is 2.28. The summed E-state index contributed by atoms with van der Waals surface area (Å²) in [6, 6.07) is 28.1. The molecule has 6 rings (SSSR count). The number of hydrogen-bond acceptors (Lipinski definition) is 6. The Labute approximate surface area is 291 Å². The summed E-state index contributed by atoms with van der Waals surface area (Å²) in [6.07, 6.45) is 1.09. The molecular weight excluding hydrogens is 657 g/mol. The molecule has 0 bridgehead atoms. The van der Waals surface area contributed by atoms with Gasteiger partial charge in [-0.3, -0.25) is 28.6 Å². The Morgan fingerprint density at radius 2 is 1.44 bits per heavy atom. The summed E-state index contributed by atoms with van der Waals surface area (Å²) in [5.41, 5.74) is 1.35. The number of benzene rings is 4. The first kappa shape index (κ1) is 34.3. The van der Waals surface area contributed by atoms with Crippen LogP contribution in [0.4, 0.5) is 14.5 Å². The van der Waals surface area contributed by atoms with Crippen molar-refractivity contribution in [3.05, 3.63) is 159 Å². The first-order valence-electron chi connectivity index (χ1n) is 16.0. The van der Waals surface area contributed by atoms with Gasteiger partial charge in [0.05, 0.1) is 10.9 Å². The van der Waals surface area contributed by atoms with Crippen molar-refractivity contribution in [2.45, 2.75) is 26.9 Å². The van der Waals surface area contributed by atoms with Crippen LogP contribution in [0, 0.1) is 17.6 Å². The van der Waals surface area contributed by atoms with Crippen LogP contribution in [-0.2, 0) is 17.9 Å². The predicted octanol–water partition coefficient (Wildman–Crippen LogP) is 8.15. The van der Waals surface area contributed by atoms with E-state index in [1.165, 1.54) is 0 Å². The number of rotatable bonds is 10. The smallest absolute Gasteiger partial charge is 0.268 e. The van der Waals surface area contributed by atoms with E-state index in [1.54, 1.807) is 68.4 Å². The Morgan fingerprint density at radius 3 is 2.06 bits per heavy atom. The van der Waals surface area contributed by atoms with Gasteiger partial charge < -0.3 is 5.32 Å². The number of anilines is 1. The molecule has 0 saturated carbocycles. The highest BCUT2D eigenvalue weighted by atomic mass is 32.1. The van der Waals surface area contributed by atoms with Gasteiger partial charge in [-0.25, -0.2) is 8.78 Å². The molecule has 1 amide bonds. The first-order chi connectivity index (χ1) is 24.0. The van der Waals surface area contributed by atoms with Gasteiger partial charge >= 0.3 is 0 Å². The van der Waals surface area contributed by atoms with Crippen molar-refractivity contribution in [2.24, 2.45) is 5.92 Å². The van der Waals surface area contributed by atoms with E-state index in [0.29, 0.717) is 28.2 Å². The van der Waals surface area contributed by atoms with Gasteiger partial charge in [0, 0.05) is 41.3 Å².